The Morgan fingerprint density at radius 3 is 2.92 bits per heavy atom. The van der Waals surface area contributed by atoms with Crippen molar-refractivity contribution in [1.29, 1.82) is 0 Å². The van der Waals surface area contributed by atoms with Crippen molar-refractivity contribution < 1.29 is 0 Å². The van der Waals surface area contributed by atoms with Gasteiger partial charge in [0, 0.05) is 24.6 Å². The van der Waals surface area contributed by atoms with E-state index < -0.39 is 0 Å². The van der Waals surface area contributed by atoms with Gasteiger partial charge in [-0.05, 0) is 11.6 Å². The summed E-state index contributed by atoms with van der Waals surface area (Å²) < 4.78 is 1.61. The van der Waals surface area contributed by atoms with Crippen LogP contribution in [0.4, 0.5) is 0 Å². The molecule has 0 saturated carbocycles. The Balaban J connectivity index is 2.83. The van der Waals surface area contributed by atoms with Crippen molar-refractivity contribution in [2.45, 2.75) is 6.54 Å². The second-order valence-electron chi connectivity index (χ2n) is 2.57. The molecule has 2 nitrogen and oxygen atoms in total. The van der Waals surface area contributed by atoms with Crippen molar-refractivity contribution >= 4 is 12.6 Å². The minimum absolute atomic E-state index is 0.000401. The highest BCUT2D eigenvalue weighted by molar-refractivity contribution is 7.80. The number of aromatic nitrogens is 1. The summed E-state index contributed by atoms with van der Waals surface area (Å²) in [7, 11) is 0. The number of thiol groups is 1. The summed E-state index contributed by atoms with van der Waals surface area (Å²) in [4.78, 5) is 11.2. The molecule has 1 aromatic heterocycles. The van der Waals surface area contributed by atoms with Crippen LogP contribution in [0.5, 0.6) is 0 Å². The molecule has 0 N–H and O–H groups in total. The van der Waals surface area contributed by atoms with E-state index in [1.165, 1.54) is 6.07 Å². The average molecular weight is 181 g/mol. The van der Waals surface area contributed by atoms with Crippen LogP contribution in [0.25, 0.3) is 0 Å². The average Bonchev–Trinajstić information content (AvgIpc) is 2.09. The molecule has 0 aliphatic rings. The zero-order chi connectivity index (χ0) is 8.97. The minimum atomic E-state index is 0.000401. The van der Waals surface area contributed by atoms with Gasteiger partial charge in [0.1, 0.15) is 0 Å². The highest BCUT2D eigenvalue weighted by Crippen LogP contribution is 1.96. The van der Waals surface area contributed by atoms with Crippen LogP contribution in [-0.2, 0) is 6.54 Å². The van der Waals surface area contributed by atoms with Gasteiger partial charge in [0.25, 0.3) is 5.56 Å². The maximum atomic E-state index is 11.2. The number of nitrogens with zero attached hydrogens (tertiary/aromatic N) is 1. The van der Waals surface area contributed by atoms with Gasteiger partial charge in [-0.2, -0.15) is 12.6 Å². The molecule has 1 aromatic rings. The lowest BCUT2D eigenvalue weighted by Gasteiger charge is -2.04. The third kappa shape index (κ3) is 2.27. The highest BCUT2D eigenvalue weighted by atomic mass is 32.1. The summed E-state index contributed by atoms with van der Waals surface area (Å²) in [6.07, 6.45) is 1.75. The molecule has 64 valence electrons. The molecule has 3 heteroatoms. The molecule has 0 bridgehead atoms. The maximum Gasteiger partial charge on any atom is 0.250 e. The third-order valence-electron chi connectivity index (χ3n) is 1.52. The van der Waals surface area contributed by atoms with E-state index in [0.29, 0.717) is 12.3 Å². The van der Waals surface area contributed by atoms with Crippen LogP contribution in [0, 0.1) is 0 Å². The van der Waals surface area contributed by atoms with Crippen molar-refractivity contribution in [3.05, 3.63) is 46.9 Å². The normalized spacial score (nSPS) is 9.75. The lowest BCUT2D eigenvalue weighted by molar-refractivity contribution is 0.751. The minimum Gasteiger partial charge on any atom is -0.311 e. The highest BCUT2D eigenvalue weighted by Gasteiger charge is 1.94. The van der Waals surface area contributed by atoms with Crippen molar-refractivity contribution in [2.75, 3.05) is 5.75 Å². The Morgan fingerprint density at radius 2 is 2.33 bits per heavy atom. The number of hydrogen-bond donors (Lipinski definition) is 1. The van der Waals surface area contributed by atoms with Gasteiger partial charge in [-0.1, -0.05) is 12.6 Å². The summed E-state index contributed by atoms with van der Waals surface area (Å²) >= 11 is 4.07. The fourth-order valence-electron chi connectivity index (χ4n) is 0.882. The van der Waals surface area contributed by atoms with E-state index in [2.05, 4.69) is 19.2 Å². The predicted molar refractivity (Wildman–Crippen MR) is 53.7 cm³/mol. The van der Waals surface area contributed by atoms with Gasteiger partial charge in [0.2, 0.25) is 0 Å². The van der Waals surface area contributed by atoms with E-state index in [9.17, 15) is 4.79 Å². The predicted octanol–water partition coefficient (Wildman–Crippen LogP) is 1.33. The molecule has 0 radical (unpaired) electrons. The quantitative estimate of drug-likeness (QED) is 0.551. The first-order valence-electron chi connectivity index (χ1n) is 3.67. The summed E-state index contributed by atoms with van der Waals surface area (Å²) in [6, 6.07) is 5.08. The standard InChI is InChI=1S/C9H11NOS/c1-8(7-12)6-10-5-3-2-4-9(10)11/h2-5,12H,1,6-7H2. The zero-order valence-corrected chi connectivity index (χ0v) is 7.63. The Labute approximate surface area is 76.9 Å². The Hall–Kier alpha value is -0.960. The molecule has 1 rings (SSSR count). The van der Waals surface area contributed by atoms with E-state index in [4.69, 9.17) is 0 Å². The van der Waals surface area contributed by atoms with Gasteiger partial charge in [-0.15, -0.1) is 0 Å². The van der Waals surface area contributed by atoms with Crippen molar-refractivity contribution in [3.63, 3.8) is 0 Å². The summed E-state index contributed by atoms with van der Waals surface area (Å²) in [5.41, 5.74) is 0.937. The van der Waals surface area contributed by atoms with Gasteiger partial charge in [-0.25, -0.2) is 0 Å². The van der Waals surface area contributed by atoms with E-state index in [-0.39, 0.29) is 5.56 Å². The molecule has 0 saturated heterocycles. The molecule has 1 heterocycles. The van der Waals surface area contributed by atoms with Crippen LogP contribution in [0.15, 0.2) is 41.3 Å². The monoisotopic (exact) mass is 181 g/mol. The first-order chi connectivity index (χ1) is 5.74. The molecule has 0 amide bonds. The van der Waals surface area contributed by atoms with Crippen LogP contribution in [-0.4, -0.2) is 10.3 Å². The Bertz CT molecular complexity index is 329. The Kier molecular flexibility index (Phi) is 3.17. The number of hydrogen-bond acceptors (Lipinski definition) is 2. The number of rotatable bonds is 3. The molecular weight excluding hydrogens is 170 g/mol. The first kappa shape index (κ1) is 9.13. The molecule has 0 spiro atoms. The summed E-state index contributed by atoms with van der Waals surface area (Å²) in [5, 5.41) is 0. The van der Waals surface area contributed by atoms with Gasteiger partial charge >= 0.3 is 0 Å². The molecule has 0 atom stereocenters. The largest absolute Gasteiger partial charge is 0.311 e. The third-order valence-corrected chi connectivity index (χ3v) is 1.96. The van der Waals surface area contributed by atoms with Gasteiger partial charge in [-0.3, -0.25) is 4.79 Å². The summed E-state index contributed by atoms with van der Waals surface area (Å²) in [6.45, 7) is 4.33. The van der Waals surface area contributed by atoms with Crippen molar-refractivity contribution in [3.8, 4) is 0 Å². The first-order valence-corrected chi connectivity index (χ1v) is 4.30. The maximum absolute atomic E-state index is 11.2. The zero-order valence-electron chi connectivity index (χ0n) is 6.73. The molecule has 0 unspecified atom stereocenters. The lowest BCUT2D eigenvalue weighted by atomic mass is 10.3. The van der Waals surface area contributed by atoms with Crippen LogP contribution in [0.1, 0.15) is 0 Å². The molecule has 12 heavy (non-hydrogen) atoms. The van der Waals surface area contributed by atoms with Gasteiger partial charge in [0.15, 0.2) is 0 Å². The second-order valence-corrected chi connectivity index (χ2v) is 2.89. The van der Waals surface area contributed by atoms with Crippen molar-refractivity contribution in [2.24, 2.45) is 0 Å². The van der Waals surface area contributed by atoms with Crippen LogP contribution in [0.3, 0.4) is 0 Å². The van der Waals surface area contributed by atoms with E-state index >= 15 is 0 Å². The van der Waals surface area contributed by atoms with Gasteiger partial charge < -0.3 is 4.57 Å². The van der Waals surface area contributed by atoms with Crippen LogP contribution >= 0.6 is 12.6 Å². The fourth-order valence-corrected chi connectivity index (χ4v) is 0.982. The fraction of sp³-hybridized carbons (Fsp3) is 0.222. The lowest BCUT2D eigenvalue weighted by Crippen LogP contribution is -2.18. The number of pyridine rings is 1. The molecule has 0 aliphatic heterocycles. The smallest absolute Gasteiger partial charge is 0.250 e. The second kappa shape index (κ2) is 4.16. The van der Waals surface area contributed by atoms with Crippen LogP contribution in [0.2, 0.25) is 0 Å². The molecule has 0 aliphatic carbocycles. The van der Waals surface area contributed by atoms with Gasteiger partial charge in [0.05, 0.1) is 0 Å². The molecule has 0 aromatic carbocycles. The molecule has 0 fully saturated rings. The van der Waals surface area contributed by atoms with E-state index in [1.54, 1.807) is 16.8 Å². The topological polar surface area (TPSA) is 22.0 Å². The Morgan fingerprint density at radius 1 is 1.58 bits per heavy atom. The SMILES string of the molecule is C=C(CS)Cn1ccccc1=O. The summed E-state index contributed by atoms with van der Waals surface area (Å²) in [5.74, 6) is 0.612. The van der Waals surface area contributed by atoms with Crippen LogP contribution < -0.4 is 5.56 Å². The van der Waals surface area contributed by atoms with E-state index in [0.717, 1.165) is 5.57 Å². The van der Waals surface area contributed by atoms with E-state index in [1.807, 2.05) is 6.07 Å². The van der Waals surface area contributed by atoms with Crippen molar-refractivity contribution in [1.82, 2.24) is 4.57 Å². The molecular formula is C9H11NOS.